The Morgan fingerprint density at radius 1 is 0.917 bits per heavy atom. The number of aryl methyl sites for hydroxylation is 1. The van der Waals surface area contributed by atoms with E-state index in [4.69, 9.17) is 0 Å². The van der Waals surface area contributed by atoms with Gasteiger partial charge in [0.25, 0.3) is 5.56 Å². The highest BCUT2D eigenvalue weighted by Gasteiger charge is 2.36. The second-order valence-electron chi connectivity index (χ2n) is 8.79. The summed E-state index contributed by atoms with van der Waals surface area (Å²) < 4.78 is 34.1. The van der Waals surface area contributed by atoms with Crippen LogP contribution in [0.1, 0.15) is 24.2 Å². The van der Waals surface area contributed by atoms with Crippen LogP contribution in [0.25, 0.3) is 27.8 Å². The van der Waals surface area contributed by atoms with E-state index in [0.29, 0.717) is 28.0 Å². The SMILES string of the molecule is CCn1c(=O)c2c(-c3ccccc3)n3c(c2n(C)c1=O)C(c1cccc(F)c1F)Nc1ccccc1-3. The van der Waals surface area contributed by atoms with Gasteiger partial charge >= 0.3 is 5.69 Å². The zero-order chi connectivity index (χ0) is 25.1. The van der Waals surface area contributed by atoms with Crippen molar-refractivity contribution in [2.75, 3.05) is 5.32 Å². The zero-order valence-electron chi connectivity index (χ0n) is 19.6. The van der Waals surface area contributed by atoms with Crippen LogP contribution in [0.15, 0.2) is 82.4 Å². The number of fused-ring (bicyclic) bond motifs is 5. The van der Waals surface area contributed by atoms with Crippen LogP contribution in [0.5, 0.6) is 0 Å². The second kappa shape index (κ2) is 8.05. The van der Waals surface area contributed by atoms with E-state index in [0.717, 1.165) is 17.3 Å². The van der Waals surface area contributed by atoms with Crippen LogP contribution in [0.3, 0.4) is 0 Å². The molecule has 1 aliphatic rings. The molecular formula is C28H22F2N4O2. The predicted molar refractivity (Wildman–Crippen MR) is 136 cm³/mol. The minimum atomic E-state index is -0.983. The average molecular weight is 485 g/mol. The number of nitrogens with one attached hydrogen (secondary N) is 1. The molecule has 0 saturated heterocycles. The Hall–Kier alpha value is -4.46. The summed E-state index contributed by atoms with van der Waals surface area (Å²) in [5, 5.41) is 3.69. The maximum Gasteiger partial charge on any atom is 0.331 e. The van der Waals surface area contributed by atoms with Crippen LogP contribution in [-0.2, 0) is 13.6 Å². The van der Waals surface area contributed by atoms with Crippen molar-refractivity contribution in [3.05, 3.63) is 117 Å². The van der Waals surface area contributed by atoms with E-state index in [1.165, 1.54) is 21.3 Å². The lowest BCUT2D eigenvalue weighted by Gasteiger charge is -2.31. The van der Waals surface area contributed by atoms with Gasteiger partial charge in [-0.25, -0.2) is 13.6 Å². The predicted octanol–water partition coefficient (Wildman–Crippen LogP) is 4.97. The molecule has 1 N–H and O–H groups in total. The Morgan fingerprint density at radius 3 is 2.39 bits per heavy atom. The standard InChI is InChI=1S/C28H22F2N4O2/c1-3-33-27(35)21-24(16-10-5-4-6-11-16)34-20-15-8-7-14-19(20)31-23(17-12-9-13-18(29)22(17)30)26(34)25(21)32(2)28(33)36/h4-15,23,31H,3H2,1-2H3. The molecule has 1 aliphatic heterocycles. The van der Waals surface area contributed by atoms with Crippen LogP contribution in [0.4, 0.5) is 14.5 Å². The minimum absolute atomic E-state index is 0.0804. The molecule has 6 rings (SSSR count). The summed E-state index contributed by atoms with van der Waals surface area (Å²) in [5.41, 5.74) is 2.85. The molecule has 5 aromatic rings. The van der Waals surface area contributed by atoms with Gasteiger partial charge < -0.3 is 9.88 Å². The van der Waals surface area contributed by atoms with Crippen LogP contribution in [0.2, 0.25) is 0 Å². The number of aromatic nitrogens is 3. The summed E-state index contributed by atoms with van der Waals surface area (Å²) in [7, 11) is 1.60. The zero-order valence-corrected chi connectivity index (χ0v) is 19.6. The summed E-state index contributed by atoms with van der Waals surface area (Å²) in [6.45, 7) is 1.95. The smallest absolute Gasteiger partial charge is 0.331 e. The Balaban J connectivity index is 1.88. The van der Waals surface area contributed by atoms with E-state index in [-0.39, 0.29) is 12.1 Å². The van der Waals surface area contributed by atoms with Crippen molar-refractivity contribution in [2.45, 2.75) is 19.5 Å². The third kappa shape index (κ3) is 2.94. The highest BCUT2D eigenvalue weighted by Crippen LogP contribution is 2.45. The molecule has 1 atom stereocenters. The normalized spacial score (nSPS) is 14.4. The monoisotopic (exact) mass is 484 g/mol. The van der Waals surface area contributed by atoms with E-state index in [1.807, 2.05) is 59.2 Å². The molecule has 0 fully saturated rings. The molecule has 3 heterocycles. The van der Waals surface area contributed by atoms with Gasteiger partial charge in [-0.15, -0.1) is 0 Å². The largest absolute Gasteiger partial charge is 0.371 e. The Bertz CT molecular complexity index is 1780. The van der Waals surface area contributed by atoms with Crippen LogP contribution in [0, 0.1) is 11.6 Å². The van der Waals surface area contributed by atoms with E-state index in [9.17, 15) is 14.0 Å². The second-order valence-corrected chi connectivity index (χ2v) is 8.79. The third-order valence-electron chi connectivity index (χ3n) is 6.87. The summed E-state index contributed by atoms with van der Waals surface area (Å²) in [5.74, 6) is -1.95. The molecule has 0 aliphatic carbocycles. The lowest BCUT2D eigenvalue weighted by Crippen LogP contribution is -2.38. The number of halogens is 2. The van der Waals surface area contributed by atoms with Gasteiger partial charge in [0.05, 0.1) is 39.7 Å². The van der Waals surface area contributed by atoms with E-state index in [2.05, 4.69) is 5.32 Å². The Morgan fingerprint density at radius 2 is 1.64 bits per heavy atom. The lowest BCUT2D eigenvalue weighted by molar-refractivity contribution is 0.495. The molecule has 3 aromatic carbocycles. The van der Waals surface area contributed by atoms with Gasteiger partial charge in [0.15, 0.2) is 11.6 Å². The van der Waals surface area contributed by atoms with E-state index < -0.39 is 28.9 Å². The van der Waals surface area contributed by atoms with Gasteiger partial charge in [0.2, 0.25) is 0 Å². The average Bonchev–Trinajstić information content (AvgIpc) is 3.26. The fraction of sp³-hybridized carbons (Fsp3) is 0.143. The topological polar surface area (TPSA) is 61.0 Å². The molecule has 2 aromatic heterocycles. The Kier molecular flexibility index (Phi) is 4.93. The first-order valence-electron chi connectivity index (χ1n) is 11.7. The molecule has 1 unspecified atom stereocenters. The van der Waals surface area contributed by atoms with Crippen molar-refractivity contribution in [2.24, 2.45) is 7.05 Å². The molecule has 8 heteroatoms. The number of para-hydroxylation sites is 2. The minimum Gasteiger partial charge on any atom is -0.371 e. The van der Waals surface area contributed by atoms with Crippen molar-refractivity contribution in [1.82, 2.24) is 13.7 Å². The van der Waals surface area contributed by atoms with Crippen molar-refractivity contribution in [3.8, 4) is 16.9 Å². The van der Waals surface area contributed by atoms with Crippen LogP contribution in [-0.4, -0.2) is 13.7 Å². The number of hydrogen-bond acceptors (Lipinski definition) is 3. The van der Waals surface area contributed by atoms with Crippen molar-refractivity contribution >= 4 is 16.6 Å². The van der Waals surface area contributed by atoms with Gasteiger partial charge in [0.1, 0.15) is 0 Å². The molecule has 0 saturated carbocycles. The molecule has 180 valence electrons. The summed E-state index contributed by atoms with van der Waals surface area (Å²) in [6.07, 6.45) is 0. The fourth-order valence-corrected chi connectivity index (χ4v) is 5.27. The number of hydrogen-bond donors (Lipinski definition) is 1. The van der Waals surface area contributed by atoms with Crippen LogP contribution < -0.4 is 16.6 Å². The van der Waals surface area contributed by atoms with Crippen LogP contribution >= 0.6 is 0 Å². The van der Waals surface area contributed by atoms with Gasteiger partial charge in [-0.3, -0.25) is 13.9 Å². The summed E-state index contributed by atoms with van der Waals surface area (Å²) in [6, 6.07) is 20.1. The molecule has 6 nitrogen and oxygen atoms in total. The quantitative estimate of drug-likeness (QED) is 0.393. The molecule has 36 heavy (non-hydrogen) atoms. The first-order chi connectivity index (χ1) is 17.4. The molecular weight excluding hydrogens is 462 g/mol. The first kappa shape index (κ1) is 22.0. The van der Waals surface area contributed by atoms with Gasteiger partial charge in [-0.05, 0) is 30.7 Å². The molecule has 0 bridgehead atoms. The first-order valence-corrected chi connectivity index (χ1v) is 11.7. The van der Waals surface area contributed by atoms with Crippen molar-refractivity contribution in [3.63, 3.8) is 0 Å². The fourth-order valence-electron chi connectivity index (χ4n) is 5.27. The van der Waals surface area contributed by atoms with E-state index >= 15 is 4.39 Å². The van der Waals surface area contributed by atoms with Crippen molar-refractivity contribution in [1.29, 1.82) is 0 Å². The Labute approximate surface area is 204 Å². The lowest BCUT2D eigenvalue weighted by atomic mass is 9.98. The number of anilines is 1. The number of rotatable bonds is 3. The molecule has 0 radical (unpaired) electrons. The molecule has 0 spiro atoms. The summed E-state index contributed by atoms with van der Waals surface area (Å²) in [4.78, 5) is 27.0. The highest BCUT2D eigenvalue weighted by atomic mass is 19.2. The highest BCUT2D eigenvalue weighted by molar-refractivity contribution is 5.99. The van der Waals surface area contributed by atoms with Gasteiger partial charge in [-0.1, -0.05) is 54.6 Å². The van der Waals surface area contributed by atoms with E-state index in [1.54, 1.807) is 14.0 Å². The maximum absolute atomic E-state index is 15.2. The molecule has 0 amide bonds. The third-order valence-corrected chi connectivity index (χ3v) is 6.87. The van der Waals surface area contributed by atoms with Crippen molar-refractivity contribution < 1.29 is 8.78 Å². The number of benzene rings is 3. The maximum atomic E-state index is 15.2. The van der Waals surface area contributed by atoms with Gasteiger partial charge in [-0.2, -0.15) is 0 Å². The summed E-state index contributed by atoms with van der Waals surface area (Å²) >= 11 is 0. The van der Waals surface area contributed by atoms with Gasteiger partial charge in [0, 0.05) is 19.2 Å². The number of nitrogens with zero attached hydrogens (tertiary/aromatic N) is 3.